The summed E-state index contributed by atoms with van der Waals surface area (Å²) in [7, 11) is 0. The van der Waals surface area contributed by atoms with Crippen LogP contribution in [0.5, 0.6) is 0 Å². The number of amides is 1. The molecule has 3 heterocycles. The fourth-order valence-electron chi connectivity index (χ4n) is 2.62. The molecule has 4 aromatic rings. The molecule has 3 aromatic heterocycles. The zero-order chi connectivity index (χ0) is 19.5. The number of aryl methyl sites for hydroxylation is 2. The van der Waals surface area contributed by atoms with Gasteiger partial charge in [0.25, 0.3) is 5.91 Å². The highest BCUT2D eigenvalue weighted by Crippen LogP contribution is 2.24. The van der Waals surface area contributed by atoms with Crippen molar-refractivity contribution in [2.45, 2.75) is 13.8 Å². The smallest absolute Gasteiger partial charge is 0.266 e. The number of aromatic nitrogens is 5. The van der Waals surface area contributed by atoms with Gasteiger partial charge >= 0.3 is 0 Å². The van der Waals surface area contributed by atoms with Crippen molar-refractivity contribution in [3.05, 3.63) is 71.3 Å². The minimum Gasteiger partial charge on any atom is -0.266 e. The average Bonchev–Trinajstić information content (AvgIpc) is 3.35. The molecule has 8 nitrogen and oxygen atoms in total. The molecule has 9 heteroatoms. The fraction of sp³-hybridized carbons (Fsp3) is 0.105. The Morgan fingerprint density at radius 3 is 2.57 bits per heavy atom. The summed E-state index contributed by atoms with van der Waals surface area (Å²) >= 11 is 1.38. The van der Waals surface area contributed by atoms with Crippen LogP contribution in [-0.2, 0) is 0 Å². The zero-order valence-electron chi connectivity index (χ0n) is 15.2. The second-order valence-corrected chi connectivity index (χ2v) is 6.96. The van der Waals surface area contributed by atoms with Gasteiger partial charge in [-0.25, -0.2) is 19.6 Å². The monoisotopic (exact) mass is 391 g/mol. The van der Waals surface area contributed by atoms with Crippen molar-refractivity contribution in [1.82, 2.24) is 30.2 Å². The Bertz CT molecular complexity index is 1100. The first-order valence-electron chi connectivity index (χ1n) is 8.53. The van der Waals surface area contributed by atoms with Crippen LogP contribution in [0.1, 0.15) is 21.9 Å². The maximum absolute atomic E-state index is 12.4. The molecule has 0 aliphatic carbocycles. The second kappa shape index (κ2) is 7.57. The van der Waals surface area contributed by atoms with Crippen molar-refractivity contribution in [3.63, 3.8) is 0 Å². The van der Waals surface area contributed by atoms with Crippen LogP contribution in [0.4, 0.5) is 5.95 Å². The number of thiazole rings is 1. The number of hydrogen-bond donors (Lipinski definition) is 2. The van der Waals surface area contributed by atoms with Gasteiger partial charge in [0.2, 0.25) is 5.95 Å². The Labute approximate surface area is 165 Å². The van der Waals surface area contributed by atoms with E-state index in [4.69, 9.17) is 0 Å². The molecule has 4 rings (SSSR count). The number of rotatable bonds is 5. The Morgan fingerprint density at radius 1 is 1.07 bits per heavy atom. The van der Waals surface area contributed by atoms with Crippen LogP contribution in [0.2, 0.25) is 0 Å². The summed E-state index contributed by atoms with van der Waals surface area (Å²) in [5.41, 5.74) is 9.05. The van der Waals surface area contributed by atoms with Crippen LogP contribution in [0.25, 0.3) is 16.3 Å². The van der Waals surface area contributed by atoms with Crippen molar-refractivity contribution in [1.29, 1.82) is 0 Å². The summed E-state index contributed by atoms with van der Waals surface area (Å²) in [6.07, 6.45) is 3.62. The van der Waals surface area contributed by atoms with Crippen molar-refractivity contribution < 1.29 is 4.79 Å². The molecule has 28 heavy (non-hydrogen) atoms. The van der Waals surface area contributed by atoms with E-state index < -0.39 is 0 Å². The van der Waals surface area contributed by atoms with Crippen LogP contribution in [0, 0.1) is 13.8 Å². The maximum Gasteiger partial charge on any atom is 0.289 e. The van der Waals surface area contributed by atoms with E-state index in [1.165, 1.54) is 11.3 Å². The predicted octanol–water partition coefficient (Wildman–Crippen LogP) is 3.16. The maximum atomic E-state index is 12.4. The molecule has 1 amide bonds. The zero-order valence-corrected chi connectivity index (χ0v) is 16.1. The van der Waals surface area contributed by atoms with E-state index in [0.29, 0.717) is 11.6 Å². The van der Waals surface area contributed by atoms with E-state index in [-0.39, 0.29) is 5.91 Å². The van der Waals surface area contributed by atoms with Gasteiger partial charge in [-0.05, 0) is 32.0 Å². The molecular formula is C19H17N7OS. The number of carbonyl (C=O) groups excluding carboxylic acids is 1. The lowest BCUT2D eigenvalue weighted by molar-refractivity contribution is 0.0958. The highest BCUT2D eigenvalue weighted by atomic mass is 32.1. The van der Waals surface area contributed by atoms with E-state index in [1.54, 1.807) is 16.3 Å². The predicted molar refractivity (Wildman–Crippen MR) is 107 cm³/mol. The third-order valence-corrected chi connectivity index (χ3v) is 4.75. The summed E-state index contributed by atoms with van der Waals surface area (Å²) in [5, 5.41) is 6.78. The van der Waals surface area contributed by atoms with Crippen LogP contribution < -0.4 is 10.9 Å². The minimum atomic E-state index is -0.360. The molecule has 0 spiro atoms. The summed E-state index contributed by atoms with van der Waals surface area (Å²) in [4.78, 5) is 25.2. The van der Waals surface area contributed by atoms with E-state index >= 15 is 0 Å². The lowest BCUT2D eigenvalue weighted by Crippen LogP contribution is -2.30. The van der Waals surface area contributed by atoms with Crippen molar-refractivity contribution in [3.8, 4) is 16.3 Å². The minimum absolute atomic E-state index is 0.310. The lowest BCUT2D eigenvalue weighted by atomic mass is 10.3. The molecule has 0 saturated carbocycles. The van der Waals surface area contributed by atoms with E-state index in [9.17, 15) is 4.79 Å². The molecule has 0 atom stereocenters. The van der Waals surface area contributed by atoms with Gasteiger partial charge in [-0.1, -0.05) is 18.2 Å². The highest BCUT2D eigenvalue weighted by molar-refractivity contribution is 7.13. The number of para-hydroxylation sites is 1. The first-order chi connectivity index (χ1) is 13.6. The van der Waals surface area contributed by atoms with Crippen LogP contribution >= 0.6 is 11.3 Å². The van der Waals surface area contributed by atoms with Gasteiger partial charge in [-0.15, -0.1) is 11.3 Å². The average molecular weight is 391 g/mol. The van der Waals surface area contributed by atoms with Crippen molar-refractivity contribution >= 4 is 23.2 Å². The van der Waals surface area contributed by atoms with Gasteiger partial charge in [0.15, 0.2) is 0 Å². The van der Waals surface area contributed by atoms with Gasteiger partial charge in [0.1, 0.15) is 10.7 Å². The Hall–Kier alpha value is -3.59. The molecule has 0 aliphatic rings. The first-order valence-corrected chi connectivity index (χ1v) is 9.41. The largest absolute Gasteiger partial charge is 0.289 e. The molecule has 0 unspecified atom stereocenters. The van der Waals surface area contributed by atoms with E-state index in [2.05, 4.69) is 30.9 Å². The SMILES string of the molecule is Cc1cc(C)nc(NNC(=O)c2csc(-c3cnn(-c4ccccc4)c3)n2)n1. The molecule has 0 aliphatic heterocycles. The molecule has 0 radical (unpaired) electrons. The standard InChI is InChI=1S/C19H17N7OS/c1-12-8-13(2)22-19(21-12)25-24-17(27)16-11-28-18(23-16)14-9-20-26(10-14)15-6-4-3-5-7-15/h3-11H,1-2H3,(H,24,27)(H,21,22,25). The number of anilines is 1. The summed E-state index contributed by atoms with van der Waals surface area (Å²) in [5.74, 6) is -0.0221. The Kier molecular flexibility index (Phi) is 4.81. The normalized spacial score (nSPS) is 10.6. The second-order valence-electron chi connectivity index (χ2n) is 6.10. The Morgan fingerprint density at radius 2 is 1.82 bits per heavy atom. The van der Waals surface area contributed by atoms with Crippen molar-refractivity contribution in [2.75, 3.05) is 5.43 Å². The van der Waals surface area contributed by atoms with Gasteiger partial charge in [-0.3, -0.25) is 15.6 Å². The van der Waals surface area contributed by atoms with E-state index in [0.717, 1.165) is 27.6 Å². The molecule has 0 fully saturated rings. The summed E-state index contributed by atoms with van der Waals surface area (Å²) in [6, 6.07) is 11.7. The fourth-order valence-corrected chi connectivity index (χ4v) is 3.40. The number of carbonyl (C=O) groups is 1. The third-order valence-electron chi connectivity index (χ3n) is 3.86. The highest BCUT2D eigenvalue weighted by Gasteiger charge is 2.13. The number of hydrazine groups is 1. The topological polar surface area (TPSA) is 97.6 Å². The number of nitrogens with zero attached hydrogens (tertiary/aromatic N) is 5. The Balaban J connectivity index is 1.45. The molecule has 0 bridgehead atoms. The summed E-state index contributed by atoms with van der Waals surface area (Å²) in [6.45, 7) is 3.73. The summed E-state index contributed by atoms with van der Waals surface area (Å²) < 4.78 is 1.77. The molecule has 140 valence electrons. The lowest BCUT2D eigenvalue weighted by Gasteiger charge is -2.06. The van der Waals surface area contributed by atoms with E-state index in [1.807, 2.05) is 56.4 Å². The van der Waals surface area contributed by atoms with Gasteiger partial charge in [0, 0.05) is 28.5 Å². The quantitative estimate of drug-likeness (QED) is 0.507. The van der Waals surface area contributed by atoms with Crippen molar-refractivity contribution in [2.24, 2.45) is 0 Å². The van der Waals surface area contributed by atoms with Crippen LogP contribution in [-0.4, -0.2) is 30.6 Å². The number of benzene rings is 1. The van der Waals surface area contributed by atoms with Crippen LogP contribution in [0.15, 0.2) is 54.2 Å². The number of hydrogen-bond acceptors (Lipinski definition) is 7. The first kappa shape index (κ1) is 17.8. The van der Waals surface area contributed by atoms with Crippen LogP contribution in [0.3, 0.4) is 0 Å². The van der Waals surface area contributed by atoms with Gasteiger partial charge in [0.05, 0.1) is 11.9 Å². The molecular weight excluding hydrogens is 374 g/mol. The molecule has 1 aromatic carbocycles. The van der Waals surface area contributed by atoms with Gasteiger partial charge < -0.3 is 0 Å². The number of nitrogens with one attached hydrogen (secondary N) is 2. The van der Waals surface area contributed by atoms with Gasteiger partial charge in [-0.2, -0.15) is 5.10 Å². The molecule has 2 N–H and O–H groups in total. The molecule has 0 saturated heterocycles. The third kappa shape index (κ3) is 3.89.